The number of nitrogens with two attached hydrogens (primary N) is 1. The highest BCUT2D eigenvalue weighted by molar-refractivity contribution is 9.10. The first-order valence-corrected chi connectivity index (χ1v) is 6.87. The van der Waals surface area contributed by atoms with Crippen LogP contribution in [0, 0.1) is 20.8 Å². The monoisotopic (exact) mass is 303 g/mol. The number of halogens is 1. The summed E-state index contributed by atoms with van der Waals surface area (Å²) in [7, 11) is 0. The van der Waals surface area contributed by atoms with E-state index in [1.807, 2.05) is 6.07 Å². The topological polar surface area (TPSA) is 26.0 Å². The van der Waals surface area contributed by atoms with Gasteiger partial charge in [0.2, 0.25) is 0 Å². The zero-order valence-electron chi connectivity index (χ0n) is 11.0. The van der Waals surface area contributed by atoms with Crippen LogP contribution in [0.4, 0.5) is 0 Å². The minimum atomic E-state index is -0.0580. The third-order valence-corrected chi connectivity index (χ3v) is 3.95. The lowest BCUT2D eigenvalue weighted by Gasteiger charge is -2.16. The molecule has 1 unspecified atom stereocenters. The van der Waals surface area contributed by atoms with Gasteiger partial charge in [0.1, 0.15) is 0 Å². The van der Waals surface area contributed by atoms with Gasteiger partial charge in [-0.1, -0.05) is 40.2 Å². The number of aryl methyl sites for hydroxylation is 3. The molecule has 0 aliphatic rings. The van der Waals surface area contributed by atoms with Gasteiger partial charge in [-0.2, -0.15) is 0 Å². The zero-order chi connectivity index (χ0) is 13.3. The van der Waals surface area contributed by atoms with Gasteiger partial charge in [-0.05, 0) is 60.7 Å². The van der Waals surface area contributed by atoms with Crippen LogP contribution in [0.2, 0.25) is 0 Å². The van der Waals surface area contributed by atoms with Gasteiger partial charge in [-0.25, -0.2) is 0 Å². The molecule has 2 heteroatoms. The minimum absolute atomic E-state index is 0.0580. The van der Waals surface area contributed by atoms with Crippen LogP contribution in [0.25, 0.3) is 0 Å². The van der Waals surface area contributed by atoms with Gasteiger partial charge in [0.15, 0.2) is 0 Å². The first-order chi connectivity index (χ1) is 8.49. The van der Waals surface area contributed by atoms with E-state index in [0.29, 0.717) is 0 Å². The molecule has 0 saturated heterocycles. The molecule has 0 saturated carbocycles. The third kappa shape index (κ3) is 2.65. The van der Waals surface area contributed by atoms with Crippen LogP contribution in [0.3, 0.4) is 0 Å². The second-order valence-corrected chi connectivity index (χ2v) is 5.74. The number of rotatable bonds is 2. The van der Waals surface area contributed by atoms with Gasteiger partial charge < -0.3 is 5.73 Å². The Morgan fingerprint density at radius 2 is 1.61 bits per heavy atom. The molecule has 0 aromatic heterocycles. The summed E-state index contributed by atoms with van der Waals surface area (Å²) in [6.07, 6.45) is 0. The molecule has 0 aliphatic carbocycles. The molecular formula is C16H18BrN. The van der Waals surface area contributed by atoms with Crippen molar-refractivity contribution in [1.82, 2.24) is 0 Å². The Bertz CT molecular complexity index is 575. The highest BCUT2D eigenvalue weighted by Crippen LogP contribution is 2.26. The molecule has 0 radical (unpaired) electrons. The van der Waals surface area contributed by atoms with E-state index >= 15 is 0 Å². The molecule has 94 valence electrons. The van der Waals surface area contributed by atoms with Crippen molar-refractivity contribution >= 4 is 15.9 Å². The molecule has 2 rings (SSSR count). The van der Waals surface area contributed by atoms with Crippen LogP contribution in [0.1, 0.15) is 33.9 Å². The van der Waals surface area contributed by atoms with Gasteiger partial charge in [0.05, 0.1) is 6.04 Å². The van der Waals surface area contributed by atoms with Crippen molar-refractivity contribution < 1.29 is 0 Å². The van der Waals surface area contributed by atoms with Gasteiger partial charge in [0.25, 0.3) is 0 Å². The normalized spacial score (nSPS) is 12.5. The molecule has 0 spiro atoms. The van der Waals surface area contributed by atoms with Gasteiger partial charge in [-0.15, -0.1) is 0 Å². The van der Waals surface area contributed by atoms with E-state index in [0.717, 1.165) is 4.47 Å². The number of benzene rings is 2. The van der Waals surface area contributed by atoms with E-state index in [1.54, 1.807) is 0 Å². The molecule has 0 bridgehead atoms. The van der Waals surface area contributed by atoms with Crippen molar-refractivity contribution in [3.05, 3.63) is 68.7 Å². The lowest BCUT2D eigenvalue weighted by molar-refractivity contribution is 0.858. The molecule has 2 N–H and O–H groups in total. The van der Waals surface area contributed by atoms with Crippen LogP contribution in [-0.4, -0.2) is 0 Å². The van der Waals surface area contributed by atoms with Crippen LogP contribution in [0.5, 0.6) is 0 Å². The highest BCUT2D eigenvalue weighted by Gasteiger charge is 2.12. The van der Waals surface area contributed by atoms with Crippen molar-refractivity contribution in [3.63, 3.8) is 0 Å². The van der Waals surface area contributed by atoms with Gasteiger partial charge in [0, 0.05) is 4.47 Å². The maximum absolute atomic E-state index is 6.37. The summed E-state index contributed by atoms with van der Waals surface area (Å²) < 4.78 is 1.09. The predicted octanol–water partition coefficient (Wildman–Crippen LogP) is 4.42. The van der Waals surface area contributed by atoms with Gasteiger partial charge >= 0.3 is 0 Å². The number of hydrogen-bond donors (Lipinski definition) is 1. The lowest BCUT2D eigenvalue weighted by Crippen LogP contribution is -2.13. The van der Waals surface area contributed by atoms with Crippen LogP contribution in [-0.2, 0) is 0 Å². The summed E-state index contributed by atoms with van der Waals surface area (Å²) in [5.41, 5.74) is 12.5. The standard InChI is InChI=1S/C16H18BrN/c1-10-4-5-13(8-11(10)2)16(18)15-7-6-14(17)9-12(15)3/h4-9,16H,18H2,1-3H3. The average Bonchev–Trinajstić information content (AvgIpc) is 2.32. The largest absolute Gasteiger partial charge is 0.320 e. The first-order valence-electron chi connectivity index (χ1n) is 6.08. The quantitative estimate of drug-likeness (QED) is 0.873. The summed E-state index contributed by atoms with van der Waals surface area (Å²) in [6.45, 7) is 6.34. The molecule has 2 aromatic carbocycles. The smallest absolute Gasteiger partial charge is 0.0554 e. The molecule has 1 atom stereocenters. The fourth-order valence-electron chi connectivity index (χ4n) is 2.13. The zero-order valence-corrected chi connectivity index (χ0v) is 12.6. The van der Waals surface area contributed by atoms with E-state index in [1.165, 1.54) is 27.8 Å². The molecule has 0 aliphatic heterocycles. The molecule has 0 heterocycles. The van der Waals surface area contributed by atoms with E-state index in [9.17, 15) is 0 Å². The Morgan fingerprint density at radius 1 is 0.889 bits per heavy atom. The van der Waals surface area contributed by atoms with Crippen LogP contribution >= 0.6 is 15.9 Å². The summed E-state index contributed by atoms with van der Waals surface area (Å²) in [5, 5.41) is 0. The Morgan fingerprint density at radius 3 is 2.22 bits per heavy atom. The summed E-state index contributed by atoms with van der Waals surface area (Å²) >= 11 is 3.48. The maximum atomic E-state index is 6.37. The fourth-order valence-corrected chi connectivity index (χ4v) is 2.60. The Labute approximate surface area is 117 Å². The van der Waals surface area contributed by atoms with Crippen molar-refractivity contribution in [1.29, 1.82) is 0 Å². The third-order valence-electron chi connectivity index (χ3n) is 3.46. The van der Waals surface area contributed by atoms with E-state index in [2.05, 4.69) is 67.0 Å². The van der Waals surface area contributed by atoms with Gasteiger partial charge in [-0.3, -0.25) is 0 Å². The molecular weight excluding hydrogens is 286 g/mol. The van der Waals surface area contributed by atoms with Crippen LogP contribution in [0.15, 0.2) is 40.9 Å². The molecule has 18 heavy (non-hydrogen) atoms. The van der Waals surface area contributed by atoms with E-state index in [-0.39, 0.29) is 6.04 Å². The summed E-state index contributed by atoms with van der Waals surface area (Å²) in [5.74, 6) is 0. The van der Waals surface area contributed by atoms with Crippen molar-refractivity contribution in [3.8, 4) is 0 Å². The van der Waals surface area contributed by atoms with Crippen molar-refractivity contribution in [2.24, 2.45) is 5.73 Å². The second-order valence-electron chi connectivity index (χ2n) is 4.82. The van der Waals surface area contributed by atoms with Crippen molar-refractivity contribution in [2.75, 3.05) is 0 Å². The average molecular weight is 304 g/mol. The van der Waals surface area contributed by atoms with Crippen molar-refractivity contribution in [2.45, 2.75) is 26.8 Å². The Kier molecular flexibility index (Phi) is 3.88. The molecule has 2 aromatic rings. The van der Waals surface area contributed by atoms with E-state index in [4.69, 9.17) is 5.73 Å². The molecule has 1 nitrogen and oxygen atoms in total. The SMILES string of the molecule is Cc1ccc(C(N)c2ccc(Br)cc2C)cc1C. The lowest BCUT2D eigenvalue weighted by atomic mass is 9.94. The maximum Gasteiger partial charge on any atom is 0.0554 e. The second kappa shape index (κ2) is 5.25. The molecule has 0 fully saturated rings. The highest BCUT2D eigenvalue weighted by atomic mass is 79.9. The Hall–Kier alpha value is -1.12. The van der Waals surface area contributed by atoms with E-state index < -0.39 is 0 Å². The fraction of sp³-hybridized carbons (Fsp3) is 0.250. The van der Waals surface area contributed by atoms with Crippen LogP contribution < -0.4 is 5.73 Å². The Balaban J connectivity index is 2.41. The minimum Gasteiger partial charge on any atom is -0.320 e. The predicted molar refractivity (Wildman–Crippen MR) is 80.8 cm³/mol. The number of hydrogen-bond acceptors (Lipinski definition) is 1. The first kappa shape index (κ1) is 13.3. The molecule has 0 amide bonds. The summed E-state index contributed by atoms with van der Waals surface area (Å²) in [6, 6.07) is 12.6. The summed E-state index contributed by atoms with van der Waals surface area (Å²) in [4.78, 5) is 0.